The summed E-state index contributed by atoms with van der Waals surface area (Å²) in [6.45, 7) is 7.62. The highest BCUT2D eigenvalue weighted by Crippen LogP contribution is 2.27. The molecule has 2 N–H and O–H groups in total. The fourth-order valence-corrected chi connectivity index (χ4v) is 3.47. The number of hydrogen-bond donors (Lipinski definition) is 2. The van der Waals surface area contributed by atoms with Gasteiger partial charge in [-0.25, -0.2) is 4.99 Å². The number of benzene rings is 2. The highest BCUT2D eigenvalue weighted by Gasteiger charge is 2.21. The van der Waals surface area contributed by atoms with Gasteiger partial charge in [0.05, 0.1) is 18.8 Å². The lowest BCUT2D eigenvalue weighted by Crippen LogP contribution is -2.52. The van der Waals surface area contributed by atoms with Gasteiger partial charge in [-0.15, -0.1) is 0 Å². The molecule has 1 heterocycles. The summed E-state index contributed by atoms with van der Waals surface area (Å²) in [6.07, 6.45) is 0. The third-order valence-electron chi connectivity index (χ3n) is 4.85. The number of methoxy groups -OCH3 is 1. The lowest BCUT2D eigenvalue weighted by molar-refractivity contribution is 0.185. The highest BCUT2D eigenvalue weighted by molar-refractivity contribution is 5.80. The van der Waals surface area contributed by atoms with E-state index in [1.807, 2.05) is 18.2 Å². The van der Waals surface area contributed by atoms with E-state index >= 15 is 0 Å². The summed E-state index contributed by atoms with van der Waals surface area (Å²) in [6, 6.07) is 15.9. The SMILES string of the molecule is CCNC(=NCc1cccc(COC)c1)N1CCN(c2ccccc2O)CC1. The van der Waals surface area contributed by atoms with Crippen LogP contribution >= 0.6 is 0 Å². The first-order valence-electron chi connectivity index (χ1n) is 9.84. The van der Waals surface area contributed by atoms with E-state index in [0.29, 0.717) is 18.9 Å². The van der Waals surface area contributed by atoms with Crippen LogP contribution in [0.3, 0.4) is 0 Å². The van der Waals surface area contributed by atoms with Gasteiger partial charge in [0.1, 0.15) is 5.75 Å². The van der Waals surface area contributed by atoms with Crippen LogP contribution in [-0.4, -0.2) is 55.8 Å². The van der Waals surface area contributed by atoms with E-state index in [4.69, 9.17) is 9.73 Å². The minimum absolute atomic E-state index is 0.340. The molecule has 3 rings (SSSR count). The molecule has 0 aromatic heterocycles. The van der Waals surface area contributed by atoms with Crippen molar-refractivity contribution in [2.75, 3.05) is 44.7 Å². The van der Waals surface area contributed by atoms with Crippen LogP contribution in [0, 0.1) is 0 Å². The molecule has 0 aliphatic carbocycles. The first-order chi connectivity index (χ1) is 13.7. The summed E-state index contributed by atoms with van der Waals surface area (Å²) in [5.74, 6) is 1.28. The normalized spacial score (nSPS) is 15.0. The van der Waals surface area contributed by atoms with Gasteiger partial charge in [-0.05, 0) is 30.2 Å². The number of guanidine groups is 1. The van der Waals surface area contributed by atoms with Crippen molar-refractivity contribution in [1.82, 2.24) is 10.2 Å². The summed E-state index contributed by atoms with van der Waals surface area (Å²) in [5.41, 5.74) is 3.24. The molecule has 0 bridgehead atoms. The zero-order valence-electron chi connectivity index (χ0n) is 16.8. The second-order valence-corrected chi connectivity index (χ2v) is 6.89. The van der Waals surface area contributed by atoms with Gasteiger partial charge in [0, 0.05) is 39.8 Å². The maximum absolute atomic E-state index is 10.1. The summed E-state index contributed by atoms with van der Waals surface area (Å²) in [7, 11) is 1.71. The molecular formula is C22H30N4O2. The maximum Gasteiger partial charge on any atom is 0.194 e. The number of rotatable bonds is 6. The number of piperazine rings is 1. The van der Waals surface area contributed by atoms with Crippen molar-refractivity contribution in [3.05, 3.63) is 59.7 Å². The fraction of sp³-hybridized carbons (Fsp3) is 0.409. The van der Waals surface area contributed by atoms with Gasteiger partial charge in [-0.1, -0.05) is 36.4 Å². The third-order valence-corrected chi connectivity index (χ3v) is 4.85. The molecule has 1 aliphatic rings. The minimum atomic E-state index is 0.340. The number of hydrogen-bond acceptors (Lipinski definition) is 4. The van der Waals surface area contributed by atoms with E-state index < -0.39 is 0 Å². The second kappa shape index (κ2) is 9.99. The van der Waals surface area contributed by atoms with Crippen molar-refractivity contribution in [3.8, 4) is 5.75 Å². The Hall–Kier alpha value is -2.73. The predicted octanol–water partition coefficient (Wildman–Crippen LogP) is 2.83. The molecule has 0 amide bonds. The summed E-state index contributed by atoms with van der Waals surface area (Å²) in [4.78, 5) is 9.36. The van der Waals surface area contributed by atoms with Gasteiger partial charge in [0.2, 0.25) is 0 Å². The van der Waals surface area contributed by atoms with Crippen LogP contribution in [0.1, 0.15) is 18.1 Å². The Morgan fingerprint density at radius 1 is 1.07 bits per heavy atom. The number of anilines is 1. The van der Waals surface area contributed by atoms with Gasteiger partial charge >= 0.3 is 0 Å². The molecule has 1 fully saturated rings. The number of phenolic OH excluding ortho intramolecular Hbond substituents is 1. The fourth-order valence-electron chi connectivity index (χ4n) is 3.47. The number of phenols is 1. The standard InChI is InChI=1S/C22H30N4O2/c1-3-23-22(24-16-18-7-6-8-19(15-18)17-28-2)26-13-11-25(12-14-26)20-9-4-5-10-21(20)27/h4-10,15,27H,3,11-14,16-17H2,1-2H3,(H,23,24). The molecule has 6 nitrogen and oxygen atoms in total. The van der Waals surface area contributed by atoms with Crippen molar-refractivity contribution in [1.29, 1.82) is 0 Å². The molecule has 6 heteroatoms. The van der Waals surface area contributed by atoms with Gasteiger partial charge in [-0.2, -0.15) is 0 Å². The van der Waals surface area contributed by atoms with Crippen LogP contribution < -0.4 is 10.2 Å². The van der Waals surface area contributed by atoms with Crippen molar-refractivity contribution in [2.24, 2.45) is 4.99 Å². The largest absolute Gasteiger partial charge is 0.506 e. The third kappa shape index (κ3) is 5.16. The number of ether oxygens (including phenoxy) is 1. The number of aliphatic imine (C=N–C) groups is 1. The average molecular weight is 383 g/mol. The van der Waals surface area contributed by atoms with Crippen LogP contribution in [0.4, 0.5) is 5.69 Å². The molecule has 1 saturated heterocycles. The highest BCUT2D eigenvalue weighted by atomic mass is 16.5. The van der Waals surface area contributed by atoms with Crippen LogP contribution in [0.15, 0.2) is 53.5 Å². The van der Waals surface area contributed by atoms with Crippen molar-refractivity contribution in [2.45, 2.75) is 20.1 Å². The number of nitrogens with one attached hydrogen (secondary N) is 1. The average Bonchev–Trinajstić information content (AvgIpc) is 2.72. The summed E-state index contributed by atoms with van der Waals surface area (Å²) >= 11 is 0. The maximum atomic E-state index is 10.1. The number of aromatic hydroxyl groups is 1. The molecule has 0 unspecified atom stereocenters. The van der Waals surface area contributed by atoms with Crippen molar-refractivity contribution < 1.29 is 9.84 Å². The first kappa shape index (κ1) is 20.0. The van der Waals surface area contributed by atoms with Crippen LogP contribution in [-0.2, 0) is 17.9 Å². The first-order valence-corrected chi connectivity index (χ1v) is 9.84. The predicted molar refractivity (Wildman–Crippen MR) is 114 cm³/mol. The number of para-hydroxylation sites is 2. The van der Waals surface area contributed by atoms with Crippen LogP contribution in [0.5, 0.6) is 5.75 Å². The summed E-state index contributed by atoms with van der Waals surface area (Å²) < 4.78 is 5.22. The van der Waals surface area contributed by atoms with E-state index in [1.54, 1.807) is 13.2 Å². The Bertz CT molecular complexity index is 786. The second-order valence-electron chi connectivity index (χ2n) is 6.89. The molecule has 0 spiro atoms. The molecule has 2 aromatic carbocycles. The lowest BCUT2D eigenvalue weighted by Gasteiger charge is -2.37. The monoisotopic (exact) mass is 382 g/mol. The van der Waals surface area contributed by atoms with Gasteiger partial charge in [0.15, 0.2) is 5.96 Å². The topological polar surface area (TPSA) is 60.3 Å². The summed E-state index contributed by atoms with van der Waals surface area (Å²) in [5, 5.41) is 13.5. The molecular weight excluding hydrogens is 352 g/mol. The number of nitrogens with zero attached hydrogens (tertiary/aromatic N) is 3. The molecule has 150 valence electrons. The Balaban J connectivity index is 1.63. The van der Waals surface area contributed by atoms with Crippen LogP contribution in [0.25, 0.3) is 0 Å². The van der Waals surface area contributed by atoms with Crippen molar-refractivity contribution >= 4 is 11.6 Å². The van der Waals surface area contributed by atoms with Gasteiger partial charge in [-0.3, -0.25) is 0 Å². The minimum Gasteiger partial charge on any atom is -0.506 e. The van der Waals surface area contributed by atoms with Gasteiger partial charge < -0.3 is 25.0 Å². The molecule has 1 aliphatic heterocycles. The van der Waals surface area contributed by atoms with E-state index in [9.17, 15) is 5.11 Å². The Kier molecular flexibility index (Phi) is 7.14. The van der Waals surface area contributed by atoms with Crippen molar-refractivity contribution in [3.63, 3.8) is 0 Å². The molecule has 2 aromatic rings. The zero-order valence-corrected chi connectivity index (χ0v) is 16.8. The molecule has 0 radical (unpaired) electrons. The van der Waals surface area contributed by atoms with E-state index in [1.165, 1.54) is 5.56 Å². The van der Waals surface area contributed by atoms with E-state index in [0.717, 1.165) is 49.9 Å². The Labute approximate surface area is 167 Å². The molecule has 28 heavy (non-hydrogen) atoms. The molecule has 0 atom stereocenters. The lowest BCUT2D eigenvalue weighted by atomic mass is 10.1. The Morgan fingerprint density at radius 2 is 1.82 bits per heavy atom. The molecule has 0 saturated carbocycles. The van der Waals surface area contributed by atoms with E-state index in [2.05, 4.69) is 46.3 Å². The quantitative estimate of drug-likeness (QED) is 0.594. The smallest absolute Gasteiger partial charge is 0.194 e. The van der Waals surface area contributed by atoms with Gasteiger partial charge in [0.25, 0.3) is 0 Å². The Morgan fingerprint density at radius 3 is 2.54 bits per heavy atom. The van der Waals surface area contributed by atoms with Crippen LogP contribution in [0.2, 0.25) is 0 Å². The zero-order chi connectivity index (χ0) is 19.8. The van der Waals surface area contributed by atoms with E-state index in [-0.39, 0.29) is 0 Å².